The van der Waals surface area contributed by atoms with E-state index in [0.29, 0.717) is 26.1 Å². The number of benzene rings is 1. The van der Waals surface area contributed by atoms with E-state index in [2.05, 4.69) is 46.3 Å². The van der Waals surface area contributed by atoms with Crippen molar-refractivity contribution >= 4 is 5.91 Å². The number of amides is 1. The van der Waals surface area contributed by atoms with Gasteiger partial charge in [0.25, 0.3) is 0 Å². The number of nitrogens with zero attached hydrogens (tertiary/aromatic N) is 5. The van der Waals surface area contributed by atoms with Gasteiger partial charge in [-0.05, 0) is 25.3 Å². The summed E-state index contributed by atoms with van der Waals surface area (Å²) in [4.78, 5) is 17.3. The highest BCUT2D eigenvalue weighted by Gasteiger charge is 2.40. The van der Waals surface area contributed by atoms with Gasteiger partial charge in [-0.15, -0.1) is 10.2 Å². The maximum absolute atomic E-state index is 12.9. The van der Waals surface area contributed by atoms with Gasteiger partial charge in [-0.1, -0.05) is 29.8 Å². The average molecular weight is 383 g/mol. The zero-order valence-electron chi connectivity index (χ0n) is 16.6. The van der Waals surface area contributed by atoms with Gasteiger partial charge in [0.05, 0.1) is 18.6 Å². The Morgan fingerprint density at radius 1 is 1.04 bits per heavy atom. The summed E-state index contributed by atoms with van der Waals surface area (Å²) in [5.74, 6) is 0.219. The number of hydrogen-bond acceptors (Lipinski definition) is 5. The molecule has 1 aromatic heterocycles. The summed E-state index contributed by atoms with van der Waals surface area (Å²) in [6, 6.07) is 8.42. The summed E-state index contributed by atoms with van der Waals surface area (Å²) >= 11 is 0. The van der Waals surface area contributed by atoms with Crippen LogP contribution in [0.15, 0.2) is 36.9 Å². The number of ether oxygens (including phenoxy) is 1. The molecule has 2 fully saturated rings. The zero-order valence-corrected chi connectivity index (χ0v) is 16.6. The molecule has 4 rings (SSSR count). The van der Waals surface area contributed by atoms with E-state index in [9.17, 15) is 4.79 Å². The van der Waals surface area contributed by atoms with Gasteiger partial charge < -0.3 is 19.1 Å². The Balaban J connectivity index is 1.30. The zero-order chi connectivity index (χ0) is 19.4. The maximum Gasteiger partial charge on any atom is 0.225 e. The van der Waals surface area contributed by atoms with Gasteiger partial charge in [0, 0.05) is 39.3 Å². The van der Waals surface area contributed by atoms with Crippen molar-refractivity contribution in [2.24, 2.45) is 0 Å². The molecule has 0 unspecified atom stereocenters. The monoisotopic (exact) mass is 383 g/mol. The van der Waals surface area contributed by atoms with Crippen molar-refractivity contribution < 1.29 is 9.53 Å². The van der Waals surface area contributed by atoms with Crippen LogP contribution >= 0.6 is 0 Å². The lowest BCUT2D eigenvalue weighted by Gasteiger charge is -2.40. The highest BCUT2D eigenvalue weighted by Crippen LogP contribution is 2.32. The van der Waals surface area contributed by atoms with Gasteiger partial charge in [0.15, 0.2) is 0 Å². The van der Waals surface area contributed by atoms with Crippen LogP contribution in [0.1, 0.15) is 30.4 Å². The number of aryl methyl sites for hydroxylation is 1. The highest BCUT2D eigenvalue weighted by molar-refractivity contribution is 5.77. The minimum atomic E-state index is -0.286. The van der Waals surface area contributed by atoms with E-state index >= 15 is 0 Å². The molecule has 1 aromatic carbocycles. The van der Waals surface area contributed by atoms with Gasteiger partial charge in [0.2, 0.25) is 5.91 Å². The molecule has 1 amide bonds. The standard InChI is InChI=1S/C21H29N5O2/c1-18-2-4-19(5-3-18)15-26-12-13-28-21(14-20(26)27)6-8-24(9-7-21)10-11-25-16-22-23-17-25/h2-5,16-17H,6-15H2,1H3. The molecule has 150 valence electrons. The molecule has 0 aliphatic carbocycles. The molecule has 28 heavy (non-hydrogen) atoms. The predicted molar refractivity (Wildman–Crippen MR) is 106 cm³/mol. The lowest BCUT2D eigenvalue weighted by atomic mass is 9.87. The van der Waals surface area contributed by atoms with E-state index < -0.39 is 0 Å². The van der Waals surface area contributed by atoms with Crippen molar-refractivity contribution in [3.05, 3.63) is 48.0 Å². The summed E-state index contributed by atoms with van der Waals surface area (Å²) in [5, 5.41) is 7.69. The first-order valence-electron chi connectivity index (χ1n) is 10.1. The van der Waals surface area contributed by atoms with Crippen molar-refractivity contribution in [2.45, 2.75) is 44.9 Å². The Morgan fingerprint density at radius 2 is 1.75 bits per heavy atom. The highest BCUT2D eigenvalue weighted by atomic mass is 16.5. The molecule has 0 N–H and O–H groups in total. The van der Waals surface area contributed by atoms with Crippen molar-refractivity contribution in [1.82, 2.24) is 24.6 Å². The van der Waals surface area contributed by atoms with E-state index in [-0.39, 0.29) is 11.5 Å². The molecule has 2 aliphatic heterocycles. The summed E-state index contributed by atoms with van der Waals surface area (Å²) in [6.07, 6.45) is 5.83. The molecular formula is C21H29N5O2. The third kappa shape index (κ3) is 4.59. The van der Waals surface area contributed by atoms with Gasteiger partial charge in [-0.25, -0.2) is 0 Å². The number of rotatable bonds is 5. The second kappa shape index (κ2) is 8.41. The minimum Gasteiger partial charge on any atom is -0.373 e. The maximum atomic E-state index is 12.9. The lowest BCUT2D eigenvalue weighted by molar-refractivity contribution is -0.136. The predicted octanol–water partition coefficient (Wildman–Crippen LogP) is 1.87. The van der Waals surface area contributed by atoms with Crippen molar-refractivity contribution in [3.63, 3.8) is 0 Å². The number of carbonyl (C=O) groups is 1. The van der Waals surface area contributed by atoms with Crippen LogP contribution in [-0.4, -0.2) is 68.9 Å². The van der Waals surface area contributed by atoms with Gasteiger partial charge >= 0.3 is 0 Å². The molecule has 7 nitrogen and oxygen atoms in total. The largest absolute Gasteiger partial charge is 0.373 e. The van der Waals surface area contributed by atoms with Crippen molar-refractivity contribution in [3.8, 4) is 0 Å². The van der Waals surface area contributed by atoms with Crippen LogP contribution in [0.2, 0.25) is 0 Å². The summed E-state index contributed by atoms with van der Waals surface area (Å²) in [7, 11) is 0. The van der Waals surface area contributed by atoms with Gasteiger partial charge in [-0.2, -0.15) is 0 Å². The molecule has 2 aromatic rings. The second-order valence-corrected chi connectivity index (χ2v) is 8.05. The second-order valence-electron chi connectivity index (χ2n) is 8.05. The van der Waals surface area contributed by atoms with Crippen LogP contribution in [0.25, 0.3) is 0 Å². The van der Waals surface area contributed by atoms with Crippen LogP contribution in [0.5, 0.6) is 0 Å². The Morgan fingerprint density at radius 3 is 2.46 bits per heavy atom. The normalized spacial score (nSPS) is 20.5. The van der Waals surface area contributed by atoms with E-state index in [0.717, 1.165) is 39.0 Å². The average Bonchev–Trinajstić information content (AvgIpc) is 3.17. The third-order valence-electron chi connectivity index (χ3n) is 6.00. The summed E-state index contributed by atoms with van der Waals surface area (Å²) in [5.41, 5.74) is 2.13. The number of piperidine rings is 1. The molecular weight excluding hydrogens is 354 g/mol. The van der Waals surface area contributed by atoms with Crippen LogP contribution in [-0.2, 0) is 22.6 Å². The first-order valence-corrected chi connectivity index (χ1v) is 10.1. The quantitative estimate of drug-likeness (QED) is 0.789. The number of aromatic nitrogens is 3. The number of hydrogen-bond donors (Lipinski definition) is 0. The molecule has 7 heteroatoms. The Labute approximate surface area is 166 Å². The fourth-order valence-electron chi connectivity index (χ4n) is 4.12. The van der Waals surface area contributed by atoms with Crippen LogP contribution in [0, 0.1) is 6.92 Å². The van der Waals surface area contributed by atoms with Crippen LogP contribution in [0.4, 0.5) is 0 Å². The van der Waals surface area contributed by atoms with E-state index in [1.807, 2.05) is 9.47 Å². The topological polar surface area (TPSA) is 63.5 Å². The number of carbonyl (C=O) groups excluding carboxylic acids is 1. The Hall–Kier alpha value is -2.25. The minimum absolute atomic E-state index is 0.219. The van der Waals surface area contributed by atoms with Crippen molar-refractivity contribution in [1.29, 1.82) is 0 Å². The molecule has 2 saturated heterocycles. The molecule has 0 radical (unpaired) electrons. The third-order valence-corrected chi connectivity index (χ3v) is 6.00. The number of likely N-dealkylation sites (tertiary alicyclic amines) is 1. The first-order chi connectivity index (χ1) is 13.6. The van der Waals surface area contributed by atoms with E-state index in [1.54, 1.807) is 12.7 Å². The van der Waals surface area contributed by atoms with E-state index in [4.69, 9.17) is 4.74 Å². The molecule has 0 bridgehead atoms. The van der Waals surface area contributed by atoms with Gasteiger partial charge in [-0.3, -0.25) is 4.79 Å². The van der Waals surface area contributed by atoms with E-state index in [1.165, 1.54) is 11.1 Å². The fourth-order valence-corrected chi connectivity index (χ4v) is 4.12. The summed E-state index contributed by atoms with van der Waals surface area (Å²) in [6.45, 7) is 7.84. The molecule has 3 heterocycles. The first kappa shape index (κ1) is 19.1. The van der Waals surface area contributed by atoms with Crippen LogP contribution < -0.4 is 0 Å². The molecule has 1 spiro atoms. The molecule has 0 saturated carbocycles. The van der Waals surface area contributed by atoms with Gasteiger partial charge in [0.1, 0.15) is 12.7 Å². The SMILES string of the molecule is Cc1ccc(CN2CCOC3(CCN(CCn4cnnc4)CC3)CC2=O)cc1. The van der Waals surface area contributed by atoms with Crippen LogP contribution in [0.3, 0.4) is 0 Å². The molecule has 0 atom stereocenters. The Bertz CT molecular complexity index is 767. The fraction of sp³-hybridized carbons (Fsp3) is 0.571. The smallest absolute Gasteiger partial charge is 0.225 e. The molecule has 2 aliphatic rings. The Kier molecular flexibility index (Phi) is 5.73. The lowest BCUT2D eigenvalue weighted by Crippen LogP contribution is -2.47. The summed E-state index contributed by atoms with van der Waals surface area (Å²) < 4.78 is 8.27. The van der Waals surface area contributed by atoms with Crippen molar-refractivity contribution in [2.75, 3.05) is 32.8 Å².